The van der Waals surface area contributed by atoms with Crippen molar-refractivity contribution < 1.29 is 13.9 Å². The van der Waals surface area contributed by atoms with E-state index in [-0.39, 0.29) is 11.8 Å². The molecule has 1 fully saturated rings. The summed E-state index contributed by atoms with van der Waals surface area (Å²) in [6.45, 7) is 5.21. The highest BCUT2D eigenvalue weighted by Crippen LogP contribution is 2.20. The quantitative estimate of drug-likeness (QED) is 0.876. The zero-order chi connectivity index (χ0) is 17.6. The number of likely N-dealkylation sites (tertiary alicyclic amines) is 1. The molecule has 0 atom stereocenters. The van der Waals surface area contributed by atoms with Crippen molar-refractivity contribution in [2.75, 3.05) is 20.2 Å². The second-order valence-electron chi connectivity index (χ2n) is 6.63. The molecule has 0 radical (unpaired) electrons. The molecule has 1 aromatic heterocycles. The highest BCUT2D eigenvalue weighted by Gasteiger charge is 2.25. The van der Waals surface area contributed by atoms with Crippen LogP contribution in [0.2, 0.25) is 0 Å². The van der Waals surface area contributed by atoms with Crippen molar-refractivity contribution >= 4 is 5.91 Å². The Balaban J connectivity index is 1.41. The van der Waals surface area contributed by atoms with Gasteiger partial charge in [-0.15, -0.1) is 0 Å². The summed E-state index contributed by atoms with van der Waals surface area (Å²) < 4.78 is 10.8. The van der Waals surface area contributed by atoms with Gasteiger partial charge in [0.15, 0.2) is 0 Å². The van der Waals surface area contributed by atoms with E-state index in [0.717, 1.165) is 55.3 Å². The maximum atomic E-state index is 12.4. The average molecular weight is 342 g/mol. The Morgan fingerprint density at radius 1 is 1.20 bits per heavy atom. The van der Waals surface area contributed by atoms with Gasteiger partial charge in [-0.1, -0.05) is 12.1 Å². The molecule has 2 aromatic rings. The predicted octanol–water partition coefficient (Wildman–Crippen LogP) is 3.13. The van der Waals surface area contributed by atoms with Gasteiger partial charge in [-0.3, -0.25) is 9.69 Å². The van der Waals surface area contributed by atoms with Crippen LogP contribution in [-0.2, 0) is 17.9 Å². The molecular formula is C20H26N2O3. The zero-order valence-electron chi connectivity index (χ0n) is 15.0. The molecule has 1 aliphatic rings. The van der Waals surface area contributed by atoms with Gasteiger partial charge in [0.25, 0.3) is 0 Å². The normalized spacial score (nSPS) is 15.9. The Kier molecular flexibility index (Phi) is 5.76. The van der Waals surface area contributed by atoms with Gasteiger partial charge in [-0.05, 0) is 62.7 Å². The van der Waals surface area contributed by atoms with Crippen LogP contribution < -0.4 is 10.1 Å². The van der Waals surface area contributed by atoms with E-state index in [1.54, 1.807) is 7.11 Å². The van der Waals surface area contributed by atoms with E-state index in [1.165, 1.54) is 0 Å². The van der Waals surface area contributed by atoms with E-state index < -0.39 is 0 Å². The summed E-state index contributed by atoms with van der Waals surface area (Å²) in [5.74, 6) is 3.04. The molecule has 3 rings (SSSR count). The molecule has 5 heteroatoms. The molecule has 0 spiro atoms. The zero-order valence-corrected chi connectivity index (χ0v) is 15.0. The second kappa shape index (κ2) is 8.21. The molecule has 5 nitrogen and oxygen atoms in total. The summed E-state index contributed by atoms with van der Waals surface area (Å²) in [5.41, 5.74) is 1.08. The number of amides is 1. The molecular weight excluding hydrogens is 316 g/mol. The van der Waals surface area contributed by atoms with Crippen LogP contribution in [0.1, 0.15) is 29.9 Å². The molecule has 1 amide bonds. The van der Waals surface area contributed by atoms with Crippen molar-refractivity contribution in [2.24, 2.45) is 5.92 Å². The van der Waals surface area contributed by atoms with Crippen LogP contribution >= 0.6 is 0 Å². The number of ether oxygens (including phenoxy) is 1. The minimum atomic E-state index is 0.104. The van der Waals surface area contributed by atoms with Crippen molar-refractivity contribution in [2.45, 2.75) is 32.9 Å². The molecule has 0 aliphatic carbocycles. The number of aryl methyl sites for hydroxylation is 1. The van der Waals surface area contributed by atoms with Crippen LogP contribution in [0.25, 0.3) is 0 Å². The molecule has 0 saturated carbocycles. The minimum Gasteiger partial charge on any atom is -0.497 e. The van der Waals surface area contributed by atoms with Gasteiger partial charge in [0.2, 0.25) is 5.91 Å². The number of nitrogens with zero attached hydrogens (tertiary/aromatic N) is 1. The highest BCUT2D eigenvalue weighted by molar-refractivity contribution is 5.78. The number of rotatable bonds is 6. The number of hydrogen-bond acceptors (Lipinski definition) is 4. The smallest absolute Gasteiger partial charge is 0.223 e. The molecule has 1 aromatic carbocycles. The lowest BCUT2D eigenvalue weighted by Crippen LogP contribution is -2.40. The van der Waals surface area contributed by atoms with E-state index in [9.17, 15) is 4.79 Å². The van der Waals surface area contributed by atoms with Crippen LogP contribution in [0, 0.1) is 12.8 Å². The number of benzene rings is 1. The first-order valence-electron chi connectivity index (χ1n) is 8.82. The van der Waals surface area contributed by atoms with Crippen LogP contribution in [-0.4, -0.2) is 31.0 Å². The third kappa shape index (κ3) is 4.86. The number of nitrogens with one attached hydrogen (secondary N) is 1. The van der Waals surface area contributed by atoms with Crippen molar-refractivity contribution in [3.8, 4) is 5.75 Å². The molecule has 1 N–H and O–H groups in total. The molecule has 1 saturated heterocycles. The first-order valence-corrected chi connectivity index (χ1v) is 8.82. The van der Waals surface area contributed by atoms with E-state index in [1.807, 2.05) is 43.3 Å². The van der Waals surface area contributed by atoms with Crippen molar-refractivity contribution in [1.82, 2.24) is 10.2 Å². The number of piperidine rings is 1. The van der Waals surface area contributed by atoms with Gasteiger partial charge in [0, 0.05) is 12.5 Å². The van der Waals surface area contributed by atoms with Crippen molar-refractivity contribution in [1.29, 1.82) is 0 Å². The fraction of sp³-hybridized carbons (Fsp3) is 0.450. The van der Waals surface area contributed by atoms with Gasteiger partial charge in [0.05, 0.1) is 13.7 Å². The van der Waals surface area contributed by atoms with E-state index in [4.69, 9.17) is 9.15 Å². The topological polar surface area (TPSA) is 54.7 Å². The summed E-state index contributed by atoms with van der Waals surface area (Å²) >= 11 is 0. The molecule has 0 bridgehead atoms. The standard InChI is InChI=1S/C20H26N2O3/c1-15-3-6-19(25-15)14-22-11-9-17(10-12-22)20(23)21-13-16-4-7-18(24-2)8-5-16/h3-8,17H,9-14H2,1-2H3,(H,21,23). The van der Waals surface area contributed by atoms with Crippen LogP contribution in [0.5, 0.6) is 5.75 Å². The minimum absolute atomic E-state index is 0.104. The SMILES string of the molecule is COc1ccc(CNC(=O)C2CCN(Cc3ccc(C)o3)CC2)cc1. The second-order valence-corrected chi connectivity index (χ2v) is 6.63. The first kappa shape index (κ1) is 17.5. The van der Waals surface area contributed by atoms with E-state index >= 15 is 0 Å². The molecule has 2 heterocycles. The average Bonchev–Trinajstić information content (AvgIpc) is 3.05. The Morgan fingerprint density at radius 3 is 2.52 bits per heavy atom. The summed E-state index contributed by atoms with van der Waals surface area (Å²) in [6.07, 6.45) is 1.79. The Labute approximate surface area is 149 Å². The lowest BCUT2D eigenvalue weighted by molar-refractivity contribution is -0.126. The van der Waals surface area contributed by atoms with Gasteiger partial charge in [-0.2, -0.15) is 0 Å². The Hall–Kier alpha value is -2.27. The lowest BCUT2D eigenvalue weighted by atomic mass is 9.95. The predicted molar refractivity (Wildman–Crippen MR) is 96.3 cm³/mol. The van der Waals surface area contributed by atoms with Crippen molar-refractivity contribution in [3.63, 3.8) is 0 Å². The third-order valence-electron chi connectivity index (χ3n) is 4.76. The van der Waals surface area contributed by atoms with Crippen LogP contribution in [0.3, 0.4) is 0 Å². The fourth-order valence-electron chi connectivity index (χ4n) is 3.22. The number of methoxy groups -OCH3 is 1. The first-order chi connectivity index (χ1) is 12.1. The van der Waals surface area contributed by atoms with Crippen molar-refractivity contribution in [3.05, 3.63) is 53.5 Å². The summed E-state index contributed by atoms with van der Waals surface area (Å²) in [7, 11) is 1.65. The summed E-state index contributed by atoms with van der Waals surface area (Å²) in [6, 6.07) is 11.8. The lowest BCUT2D eigenvalue weighted by Gasteiger charge is -2.30. The monoisotopic (exact) mass is 342 g/mol. The van der Waals surface area contributed by atoms with Crippen LogP contribution in [0.4, 0.5) is 0 Å². The maximum Gasteiger partial charge on any atom is 0.223 e. The number of carbonyl (C=O) groups is 1. The van der Waals surface area contributed by atoms with Gasteiger partial charge < -0.3 is 14.5 Å². The molecule has 134 valence electrons. The molecule has 1 aliphatic heterocycles. The summed E-state index contributed by atoms with van der Waals surface area (Å²) in [5, 5.41) is 3.06. The fourth-order valence-corrected chi connectivity index (χ4v) is 3.22. The van der Waals surface area contributed by atoms with E-state index in [0.29, 0.717) is 6.54 Å². The van der Waals surface area contributed by atoms with Crippen LogP contribution in [0.15, 0.2) is 40.8 Å². The summed E-state index contributed by atoms with van der Waals surface area (Å²) in [4.78, 5) is 14.7. The molecule has 25 heavy (non-hydrogen) atoms. The van der Waals surface area contributed by atoms with Gasteiger partial charge in [0.1, 0.15) is 17.3 Å². The number of hydrogen-bond donors (Lipinski definition) is 1. The largest absolute Gasteiger partial charge is 0.497 e. The Bertz CT molecular complexity index is 685. The maximum absolute atomic E-state index is 12.4. The number of carbonyl (C=O) groups excluding carboxylic acids is 1. The molecule has 0 unspecified atom stereocenters. The Morgan fingerprint density at radius 2 is 1.92 bits per heavy atom. The van der Waals surface area contributed by atoms with Gasteiger partial charge in [-0.25, -0.2) is 0 Å². The van der Waals surface area contributed by atoms with E-state index in [2.05, 4.69) is 10.2 Å². The number of furan rings is 1. The third-order valence-corrected chi connectivity index (χ3v) is 4.76. The van der Waals surface area contributed by atoms with Gasteiger partial charge >= 0.3 is 0 Å². The highest BCUT2D eigenvalue weighted by atomic mass is 16.5.